The van der Waals surface area contributed by atoms with E-state index in [1.165, 1.54) is 32.4 Å². The summed E-state index contributed by atoms with van der Waals surface area (Å²) in [6.45, 7) is 3.48. The SMILES string of the molecule is CN1CCC(CN(C)c2n[nH]c(=S)n2C2CC2)C1. The minimum absolute atomic E-state index is 0.583. The second kappa shape index (κ2) is 4.66. The highest BCUT2D eigenvalue weighted by Gasteiger charge is 2.29. The van der Waals surface area contributed by atoms with Crippen molar-refractivity contribution >= 4 is 18.2 Å². The average molecular weight is 267 g/mol. The van der Waals surface area contributed by atoms with Crippen LogP contribution in [0, 0.1) is 10.7 Å². The molecular weight excluding hydrogens is 246 g/mol. The number of H-pyrrole nitrogens is 1. The molecule has 2 fully saturated rings. The zero-order chi connectivity index (χ0) is 12.7. The maximum atomic E-state index is 5.32. The smallest absolute Gasteiger partial charge is 0.225 e. The molecule has 5 nitrogen and oxygen atoms in total. The first-order valence-corrected chi connectivity index (χ1v) is 7.12. The van der Waals surface area contributed by atoms with Crippen molar-refractivity contribution in [1.82, 2.24) is 19.7 Å². The van der Waals surface area contributed by atoms with Crippen LogP contribution < -0.4 is 4.90 Å². The molecule has 3 rings (SSSR count). The molecule has 2 heterocycles. The molecule has 100 valence electrons. The fourth-order valence-corrected chi connectivity index (χ4v) is 3.15. The number of nitrogens with one attached hydrogen (secondary N) is 1. The molecule has 0 aromatic carbocycles. The largest absolute Gasteiger partial charge is 0.344 e. The molecule has 1 aliphatic carbocycles. The van der Waals surface area contributed by atoms with Gasteiger partial charge in [0.15, 0.2) is 4.77 Å². The number of hydrogen-bond donors (Lipinski definition) is 1. The number of rotatable bonds is 4. The van der Waals surface area contributed by atoms with Crippen LogP contribution in [0.2, 0.25) is 0 Å². The Balaban J connectivity index is 1.72. The summed E-state index contributed by atoms with van der Waals surface area (Å²) in [5, 5.41) is 7.33. The molecule has 6 heteroatoms. The van der Waals surface area contributed by atoms with Crippen LogP contribution in [0.3, 0.4) is 0 Å². The minimum Gasteiger partial charge on any atom is -0.344 e. The fourth-order valence-electron chi connectivity index (χ4n) is 2.87. The third kappa shape index (κ3) is 2.31. The van der Waals surface area contributed by atoms with Crippen molar-refractivity contribution in [3.05, 3.63) is 4.77 Å². The molecule has 1 aliphatic heterocycles. The Morgan fingerprint density at radius 1 is 1.44 bits per heavy atom. The monoisotopic (exact) mass is 267 g/mol. The first-order chi connectivity index (χ1) is 8.65. The molecule has 1 unspecified atom stereocenters. The van der Waals surface area contributed by atoms with E-state index in [1.807, 2.05) is 0 Å². The van der Waals surface area contributed by atoms with E-state index in [0.29, 0.717) is 6.04 Å². The first kappa shape index (κ1) is 12.2. The molecule has 0 radical (unpaired) electrons. The molecule has 1 saturated carbocycles. The highest BCUT2D eigenvalue weighted by atomic mass is 32.1. The van der Waals surface area contributed by atoms with Gasteiger partial charge in [-0.15, -0.1) is 5.10 Å². The first-order valence-electron chi connectivity index (χ1n) is 6.71. The van der Waals surface area contributed by atoms with E-state index in [1.54, 1.807) is 0 Å². The van der Waals surface area contributed by atoms with Gasteiger partial charge in [-0.2, -0.15) is 0 Å². The lowest BCUT2D eigenvalue weighted by molar-refractivity contribution is 0.395. The van der Waals surface area contributed by atoms with Gasteiger partial charge in [-0.05, 0) is 51.0 Å². The van der Waals surface area contributed by atoms with Gasteiger partial charge < -0.3 is 9.80 Å². The quantitative estimate of drug-likeness (QED) is 0.842. The van der Waals surface area contributed by atoms with Gasteiger partial charge in [0.1, 0.15) is 0 Å². The fraction of sp³-hybridized carbons (Fsp3) is 0.833. The van der Waals surface area contributed by atoms with Crippen molar-refractivity contribution in [1.29, 1.82) is 0 Å². The molecule has 0 bridgehead atoms. The van der Waals surface area contributed by atoms with Crippen molar-refractivity contribution in [2.24, 2.45) is 5.92 Å². The van der Waals surface area contributed by atoms with Gasteiger partial charge in [0.25, 0.3) is 0 Å². The molecule has 1 aromatic heterocycles. The van der Waals surface area contributed by atoms with Gasteiger partial charge in [-0.1, -0.05) is 0 Å². The minimum atomic E-state index is 0.583. The predicted molar refractivity (Wildman–Crippen MR) is 74.6 cm³/mol. The Bertz CT molecular complexity index is 475. The number of aromatic amines is 1. The Kier molecular flexibility index (Phi) is 3.15. The summed E-state index contributed by atoms with van der Waals surface area (Å²) >= 11 is 5.32. The number of aromatic nitrogens is 3. The lowest BCUT2D eigenvalue weighted by Crippen LogP contribution is -2.29. The predicted octanol–water partition coefficient (Wildman–Crippen LogP) is 1.66. The molecule has 0 amide bonds. The lowest BCUT2D eigenvalue weighted by atomic mass is 10.1. The topological polar surface area (TPSA) is 40.1 Å². The van der Waals surface area contributed by atoms with Gasteiger partial charge in [0.05, 0.1) is 0 Å². The maximum Gasteiger partial charge on any atom is 0.225 e. The van der Waals surface area contributed by atoms with E-state index in [9.17, 15) is 0 Å². The molecule has 1 saturated heterocycles. The van der Waals surface area contributed by atoms with Crippen molar-refractivity contribution in [3.8, 4) is 0 Å². The van der Waals surface area contributed by atoms with Crippen LogP contribution in [0.4, 0.5) is 5.95 Å². The number of likely N-dealkylation sites (tertiary alicyclic amines) is 1. The van der Waals surface area contributed by atoms with E-state index in [-0.39, 0.29) is 0 Å². The second-order valence-corrected chi connectivity index (χ2v) is 6.11. The van der Waals surface area contributed by atoms with Gasteiger partial charge in [0, 0.05) is 26.2 Å². The van der Waals surface area contributed by atoms with E-state index in [4.69, 9.17) is 12.2 Å². The molecule has 2 aliphatic rings. The van der Waals surface area contributed by atoms with Gasteiger partial charge in [-0.25, -0.2) is 5.10 Å². The van der Waals surface area contributed by atoms with Crippen LogP contribution in [-0.4, -0.2) is 53.4 Å². The van der Waals surface area contributed by atoms with E-state index >= 15 is 0 Å². The molecule has 1 N–H and O–H groups in total. The Morgan fingerprint density at radius 3 is 2.83 bits per heavy atom. The summed E-state index contributed by atoms with van der Waals surface area (Å²) in [5.41, 5.74) is 0. The van der Waals surface area contributed by atoms with Crippen molar-refractivity contribution < 1.29 is 0 Å². The Labute approximate surface area is 113 Å². The maximum absolute atomic E-state index is 5.32. The van der Waals surface area contributed by atoms with E-state index in [0.717, 1.165) is 23.2 Å². The molecule has 1 atom stereocenters. The molecular formula is C12H21N5S. The lowest BCUT2D eigenvalue weighted by Gasteiger charge is -2.22. The van der Waals surface area contributed by atoms with Gasteiger partial charge >= 0.3 is 0 Å². The van der Waals surface area contributed by atoms with Crippen LogP contribution in [0.25, 0.3) is 0 Å². The van der Waals surface area contributed by atoms with Gasteiger partial charge in [-0.3, -0.25) is 4.57 Å². The highest BCUT2D eigenvalue weighted by Crippen LogP contribution is 2.37. The number of nitrogens with zero attached hydrogens (tertiary/aromatic N) is 4. The van der Waals surface area contributed by atoms with Crippen LogP contribution in [0.5, 0.6) is 0 Å². The van der Waals surface area contributed by atoms with E-state index in [2.05, 4.69) is 38.7 Å². The number of anilines is 1. The zero-order valence-corrected chi connectivity index (χ0v) is 11.9. The number of hydrogen-bond acceptors (Lipinski definition) is 4. The normalized spacial score (nSPS) is 24.7. The van der Waals surface area contributed by atoms with Crippen molar-refractivity contribution in [2.45, 2.75) is 25.3 Å². The Hall–Kier alpha value is -0.880. The van der Waals surface area contributed by atoms with Crippen LogP contribution in [0.1, 0.15) is 25.3 Å². The van der Waals surface area contributed by atoms with Crippen molar-refractivity contribution in [2.75, 3.05) is 38.6 Å². The van der Waals surface area contributed by atoms with E-state index < -0.39 is 0 Å². The summed E-state index contributed by atoms with van der Waals surface area (Å²) in [5.74, 6) is 1.76. The van der Waals surface area contributed by atoms with Crippen molar-refractivity contribution in [3.63, 3.8) is 0 Å². The molecule has 1 aromatic rings. The molecule has 18 heavy (non-hydrogen) atoms. The second-order valence-electron chi connectivity index (χ2n) is 5.73. The van der Waals surface area contributed by atoms with Crippen LogP contribution in [0.15, 0.2) is 0 Å². The third-order valence-electron chi connectivity index (χ3n) is 3.96. The zero-order valence-electron chi connectivity index (χ0n) is 11.1. The summed E-state index contributed by atoms with van der Waals surface area (Å²) < 4.78 is 2.96. The summed E-state index contributed by atoms with van der Waals surface area (Å²) in [7, 11) is 4.32. The Morgan fingerprint density at radius 2 is 2.22 bits per heavy atom. The van der Waals surface area contributed by atoms with Gasteiger partial charge in [0.2, 0.25) is 5.95 Å². The third-order valence-corrected chi connectivity index (χ3v) is 4.25. The van der Waals surface area contributed by atoms with Crippen LogP contribution >= 0.6 is 12.2 Å². The molecule has 0 spiro atoms. The average Bonchev–Trinajstić information content (AvgIpc) is 2.97. The highest BCUT2D eigenvalue weighted by molar-refractivity contribution is 7.71. The summed E-state index contributed by atoms with van der Waals surface area (Å²) in [6, 6.07) is 0.583. The standard InChI is InChI=1S/C12H21N5S/c1-15-6-5-9(7-15)8-16(2)11-13-14-12(18)17(11)10-3-4-10/h9-10H,3-8H2,1-2H3,(H,14,18). The van der Waals surface area contributed by atoms with Crippen LogP contribution in [-0.2, 0) is 0 Å². The summed E-state index contributed by atoms with van der Waals surface area (Å²) in [6.07, 6.45) is 3.76. The summed E-state index contributed by atoms with van der Waals surface area (Å²) in [4.78, 5) is 4.66.